The van der Waals surface area contributed by atoms with Gasteiger partial charge in [-0.15, -0.1) is 0 Å². The predicted molar refractivity (Wildman–Crippen MR) is 164 cm³/mol. The molecule has 8 heteroatoms. The summed E-state index contributed by atoms with van der Waals surface area (Å²) in [5.41, 5.74) is 2.66. The van der Waals surface area contributed by atoms with Gasteiger partial charge in [0.05, 0.1) is 0 Å². The summed E-state index contributed by atoms with van der Waals surface area (Å²) in [6.07, 6.45) is 11.2. The van der Waals surface area contributed by atoms with Gasteiger partial charge in [0, 0.05) is 63.0 Å². The first-order valence-electron chi connectivity index (χ1n) is 15.7. The van der Waals surface area contributed by atoms with Crippen molar-refractivity contribution in [1.29, 1.82) is 0 Å². The molecule has 2 N–H and O–H groups in total. The Labute approximate surface area is 245 Å². The molecule has 0 aromatic carbocycles. The third-order valence-corrected chi connectivity index (χ3v) is 9.22. The van der Waals surface area contributed by atoms with Crippen molar-refractivity contribution >= 4 is 23.5 Å². The fourth-order valence-corrected chi connectivity index (χ4v) is 6.51. The summed E-state index contributed by atoms with van der Waals surface area (Å²) < 4.78 is 0. The molecule has 8 nitrogen and oxygen atoms in total. The van der Waals surface area contributed by atoms with Gasteiger partial charge in [0.25, 0.3) is 0 Å². The Morgan fingerprint density at radius 1 is 0.854 bits per heavy atom. The lowest BCUT2D eigenvalue weighted by molar-refractivity contribution is -0.141. The largest absolute Gasteiger partial charge is 0.367 e. The van der Waals surface area contributed by atoms with Gasteiger partial charge in [0.2, 0.25) is 11.8 Å². The van der Waals surface area contributed by atoms with Crippen LogP contribution in [0, 0.1) is 11.8 Å². The van der Waals surface area contributed by atoms with Crippen molar-refractivity contribution in [1.82, 2.24) is 19.8 Å². The van der Waals surface area contributed by atoms with Crippen LogP contribution in [0.4, 0.5) is 11.6 Å². The summed E-state index contributed by atoms with van der Waals surface area (Å²) in [4.78, 5) is 38.3. The van der Waals surface area contributed by atoms with Crippen molar-refractivity contribution in [3.8, 4) is 0 Å². The maximum absolute atomic E-state index is 13.2. The Kier molecular flexibility index (Phi) is 9.15. The number of carbonyl (C=O) groups excluding carboxylic acids is 2. The van der Waals surface area contributed by atoms with Crippen molar-refractivity contribution in [2.75, 3.05) is 36.8 Å². The third kappa shape index (κ3) is 7.57. The van der Waals surface area contributed by atoms with Crippen LogP contribution in [0.15, 0.2) is 36.7 Å². The van der Waals surface area contributed by atoms with Gasteiger partial charge >= 0.3 is 0 Å². The molecule has 0 atom stereocenters. The molecule has 41 heavy (non-hydrogen) atoms. The van der Waals surface area contributed by atoms with E-state index in [1.54, 1.807) is 0 Å². The molecular formula is C33H48N6O2. The number of aromatic nitrogens is 2. The van der Waals surface area contributed by atoms with E-state index in [0.29, 0.717) is 30.3 Å². The lowest BCUT2D eigenvalue weighted by Crippen LogP contribution is -2.47. The van der Waals surface area contributed by atoms with Crippen LogP contribution < -0.4 is 10.6 Å². The van der Waals surface area contributed by atoms with Crippen LogP contribution in [0.25, 0.3) is 0 Å². The molecule has 2 aromatic rings. The lowest BCUT2D eigenvalue weighted by Gasteiger charge is -2.40. The summed E-state index contributed by atoms with van der Waals surface area (Å²) in [5.74, 6) is 3.18. The van der Waals surface area contributed by atoms with Gasteiger partial charge in [0.15, 0.2) is 0 Å². The van der Waals surface area contributed by atoms with Crippen LogP contribution in [0.5, 0.6) is 0 Å². The quantitative estimate of drug-likeness (QED) is 0.458. The molecular weight excluding hydrogens is 512 g/mol. The zero-order valence-electron chi connectivity index (χ0n) is 25.4. The first-order valence-corrected chi connectivity index (χ1v) is 15.7. The molecule has 4 heterocycles. The van der Waals surface area contributed by atoms with Gasteiger partial charge in [-0.25, -0.2) is 9.97 Å². The van der Waals surface area contributed by atoms with E-state index in [2.05, 4.69) is 70.5 Å². The van der Waals surface area contributed by atoms with Crippen LogP contribution in [-0.4, -0.2) is 69.8 Å². The zero-order valence-corrected chi connectivity index (χ0v) is 25.4. The number of piperidine rings is 2. The summed E-state index contributed by atoms with van der Waals surface area (Å²) >= 11 is 0. The van der Waals surface area contributed by atoms with E-state index in [-0.39, 0.29) is 17.2 Å². The molecule has 1 saturated carbocycles. The van der Waals surface area contributed by atoms with Crippen LogP contribution >= 0.6 is 0 Å². The number of likely N-dealkylation sites (tertiary alicyclic amines) is 2. The fraction of sp³-hybridized carbons (Fsp3) is 0.636. The summed E-state index contributed by atoms with van der Waals surface area (Å²) in [5, 5.41) is 7.20. The molecule has 5 rings (SSSR count). The average molecular weight is 561 g/mol. The number of amides is 2. The van der Waals surface area contributed by atoms with Crippen LogP contribution in [0.3, 0.4) is 0 Å². The van der Waals surface area contributed by atoms with Crippen molar-refractivity contribution < 1.29 is 9.59 Å². The zero-order chi connectivity index (χ0) is 29.0. The molecule has 2 aliphatic heterocycles. The Balaban J connectivity index is 1.02. The van der Waals surface area contributed by atoms with Gasteiger partial charge in [-0.05, 0) is 91.7 Å². The van der Waals surface area contributed by atoms with Crippen molar-refractivity contribution in [2.45, 2.75) is 96.6 Å². The highest BCUT2D eigenvalue weighted by atomic mass is 16.2. The molecule has 0 spiro atoms. The SMILES string of the molecule is CCC(=O)N1CCC(Nc2cc(CC3CC(C(=O)N4CCC(Nc5cc(C(C)(C)C)ccn5)CC4)C3)ccn2)CC1. The number of rotatable bonds is 8. The molecule has 2 amide bonds. The Morgan fingerprint density at radius 2 is 1.41 bits per heavy atom. The monoisotopic (exact) mass is 560 g/mol. The van der Waals surface area contributed by atoms with Gasteiger partial charge in [-0.1, -0.05) is 27.7 Å². The number of hydrogen-bond donors (Lipinski definition) is 2. The number of anilines is 2. The molecule has 2 aromatic heterocycles. The van der Waals surface area contributed by atoms with Gasteiger partial charge < -0.3 is 20.4 Å². The standard InChI is InChI=1S/C33H48N6O2/c1-5-31(40)38-14-8-27(9-15-38)36-29-21-23(6-12-34-29)18-24-19-25(20-24)32(41)39-16-10-28(11-17-39)37-30-22-26(7-13-35-30)33(2,3)4/h6-7,12-13,21-22,24-25,27-28H,5,8-11,14-20H2,1-4H3,(H,34,36)(H,35,37). The summed E-state index contributed by atoms with van der Waals surface area (Å²) in [6.45, 7) is 11.9. The molecule has 0 unspecified atom stereocenters. The molecule has 3 aliphatic rings. The molecule has 0 bridgehead atoms. The first-order chi connectivity index (χ1) is 19.7. The minimum atomic E-state index is 0.0990. The molecule has 1 aliphatic carbocycles. The van der Waals surface area contributed by atoms with Gasteiger partial charge in [-0.2, -0.15) is 0 Å². The number of hydrogen-bond acceptors (Lipinski definition) is 6. The lowest BCUT2D eigenvalue weighted by atomic mass is 9.71. The third-order valence-electron chi connectivity index (χ3n) is 9.22. The molecule has 0 radical (unpaired) electrons. The highest BCUT2D eigenvalue weighted by Crippen LogP contribution is 2.38. The number of pyridine rings is 2. The molecule has 3 fully saturated rings. The number of nitrogens with zero attached hydrogens (tertiary/aromatic N) is 4. The van der Waals surface area contributed by atoms with Crippen molar-refractivity contribution in [2.24, 2.45) is 11.8 Å². The second kappa shape index (κ2) is 12.8. The topological polar surface area (TPSA) is 90.5 Å². The maximum Gasteiger partial charge on any atom is 0.225 e. The predicted octanol–water partition coefficient (Wildman–Crippen LogP) is 5.26. The average Bonchev–Trinajstić information content (AvgIpc) is 2.95. The highest BCUT2D eigenvalue weighted by molar-refractivity contribution is 5.80. The van der Waals surface area contributed by atoms with E-state index in [0.717, 1.165) is 82.8 Å². The fourth-order valence-electron chi connectivity index (χ4n) is 6.51. The van der Waals surface area contributed by atoms with Gasteiger partial charge in [-0.3, -0.25) is 9.59 Å². The van der Waals surface area contributed by atoms with E-state index in [1.807, 2.05) is 24.2 Å². The number of carbonyl (C=O) groups is 2. The van der Waals surface area contributed by atoms with Crippen LogP contribution in [0.2, 0.25) is 0 Å². The van der Waals surface area contributed by atoms with Crippen molar-refractivity contribution in [3.05, 3.63) is 47.8 Å². The second-order valence-electron chi connectivity index (χ2n) is 13.4. The Morgan fingerprint density at radius 3 is 2.00 bits per heavy atom. The maximum atomic E-state index is 13.2. The summed E-state index contributed by atoms with van der Waals surface area (Å²) in [6, 6.07) is 9.24. The normalized spacial score (nSPS) is 22.2. The molecule has 222 valence electrons. The van der Waals surface area contributed by atoms with Crippen molar-refractivity contribution in [3.63, 3.8) is 0 Å². The van der Waals surface area contributed by atoms with E-state index < -0.39 is 0 Å². The highest BCUT2D eigenvalue weighted by Gasteiger charge is 2.37. The van der Waals surface area contributed by atoms with E-state index >= 15 is 0 Å². The number of nitrogens with one attached hydrogen (secondary N) is 2. The second-order valence-corrected chi connectivity index (χ2v) is 13.4. The van der Waals surface area contributed by atoms with Crippen LogP contribution in [0.1, 0.15) is 83.8 Å². The van der Waals surface area contributed by atoms with E-state index in [1.165, 1.54) is 11.1 Å². The van der Waals surface area contributed by atoms with E-state index in [4.69, 9.17) is 0 Å². The Hall–Kier alpha value is -3.16. The first kappa shape index (κ1) is 29.3. The Bertz CT molecular complexity index is 1190. The van der Waals surface area contributed by atoms with Crippen LogP contribution in [-0.2, 0) is 21.4 Å². The minimum Gasteiger partial charge on any atom is -0.367 e. The van der Waals surface area contributed by atoms with Gasteiger partial charge in [0.1, 0.15) is 11.6 Å². The smallest absolute Gasteiger partial charge is 0.225 e. The molecule has 2 saturated heterocycles. The summed E-state index contributed by atoms with van der Waals surface area (Å²) in [7, 11) is 0. The minimum absolute atomic E-state index is 0.0990. The van der Waals surface area contributed by atoms with E-state index in [9.17, 15) is 9.59 Å².